The largest absolute Gasteiger partial charge is 0.349 e. The van der Waals surface area contributed by atoms with E-state index in [1.807, 2.05) is 18.2 Å². The highest BCUT2D eigenvalue weighted by molar-refractivity contribution is 5.75. The Morgan fingerprint density at radius 1 is 1.26 bits per heavy atom. The van der Waals surface area contributed by atoms with Crippen LogP contribution in [0.4, 0.5) is 0 Å². The van der Waals surface area contributed by atoms with Crippen molar-refractivity contribution in [3.63, 3.8) is 0 Å². The minimum atomic E-state index is 0.193. The first-order valence-corrected chi connectivity index (χ1v) is 6.72. The van der Waals surface area contributed by atoms with E-state index < -0.39 is 0 Å². The Morgan fingerprint density at radius 2 is 1.95 bits per heavy atom. The van der Waals surface area contributed by atoms with E-state index in [1.54, 1.807) is 19.0 Å². The van der Waals surface area contributed by atoms with Gasteiger partial charge in [-0.2, -0.15) is 0 Å². The Labute approximate surface area is 116 Å². The highest BCUT2D eigenvalue weighted by Gasteiger charge is 2.02. The Bertz CT molecular complexity index is 410. The van der Waals surface area contributed by atoms with Crippen LogP contribution >= 0.6 is 0 Å². The first-order chi connectivity index (χ1) is 9.09. The van der Waals surface area contributed by atoms with Gasteiger partial charge in [0.1, 0.15) is 0 Å². The number of benzene rings is 1. The number of rotatable bonds is 7. The minimum absolute atomic E-state index is 0.193. The first-order valence-electron chi connectivity index (χ1n) is 6.72. The van der Waals surface area contributed by atoms with Crippen molar-refractivity contribution in [1.82, 2.24) is 10.2 Å². The second-order valence-electron chi connectivity index (χ2n) is 4.97. The summed E-state index contributed by atoms with van der Waals surface area (Å²) in [6, 6.07) is 10.3. The van der Waals surface area contributed by atoms with Gasteiger partial charge in [0.05, 0.1) is 0 Å². The summed E-state index contributed by atoms with van der Waals surface area (Å²) in [7, 11) is 3.59. The van der Waals surface area contributed by atoms with Gasteiger partial charge in [0.15, 0.2) is 0 Å². The zero-order valence-electron chi connectivity index (χ0n) is 12.1. The van der Waals surface area contributed by atoms with E-state index in [-0.39, 0.29) is 5.91 Å². The van der Waals surface area contributed by atoms with E-state index in [1.165, 1.54) is 11.1 Å². The predicted octanol–water partition coefficient (Wildman–Crippen LogP) is 2.55. The number of nitrogens with zero attached hydrogens (tertiary/aromatic N) is 1. The molecule has 0 bridgehead atoms. The van der Waals surface area contributed by atoms with Crippen molar-refractivity contribution in [2.75, 3.05) is 27.2 Å². The molecule has 19 heavy (non-hydrogen) atoms. The summed E-state index contributed by atoms with van der Waals surface area (Å²) < 4.78 is 0. The van der Waals surface area contributed by atoms with Crippen molar-refractivity contribution in [3.8, 4) is 0 Å². The van der Waals surface area contributed by atoms with E-state index >= 15 is 0 Å². The summed E-state index contributed by atoms with van der Waals surface area (Å²) in [6.45, 7) is 3.86. The maximum absolute atomic E-state index is 11.4. The van der Waals surface area contributed by atoms with Gasteiger partial charge >= 0.3 is 0 Å². The van der Waals surface area contributed by atoms with Crippen molar-refractivity contribution in [2.24, 2.45) is 0 Å². The van der Waals surface area contributed by atoms with Gasteiger partial charge in [-0.05, 0) is 25.5 Å². The zero-order valence-corrected chi connectivity index (χ0v) is 12.1. The Hall–Kier alpha value is -1.61. The van der Waals surface area contributed by atoms with Gasteiger partial charge in [-0.25, -0.2) is 0 Å². The quantitative estimate of drug-likeness (QED) is 0.764. The summed E-state index contributed by atoms with van der Waals surface area (Å²) in [6.07, 6.45) is 3.68. The third kappa shape index (κ3) is 6.77. The molecule has 104 valence electrons. The summed E-state index contributed by atoms with van der Waals surface area (Å²) in [5.41, 5.74) is 2.52. The average Bonchev–Trinajstić information content (AvgIpc) is 2.39. The molecule has 1 aromatic carbocycles. The number of hydrogen-bond acceptors (Lipinski definition) is 2. The van der Waals surface area contributed by atoms with Crippen LogP contribution in [0.1, 0.15) is 25.3 Å². The van der Waals surface area contributed by atoms with Gasteiger partial charge in [-0.3, -0.25) is 4.79 Å². The van der Waals surface area contributed by atoms with Crippen LogP contribution in [-0.2, 0) is 4.79 Å². The monoisotopic (exact) mass is 260 g/mol. The van der Waals surface area contributed by atoms with Crippen LogP contribution in [0.2, 0.25) is 0 Å². The van der Waals surface area contributed by atoms with Gasteiger partial charge in [0, 0.05) is 27.1 Å². The molecule has 0 atom stereocenters. The van der Waals surface area contributed by atoms with Crippen LogP contribution in [0.3, 0.4) is 0 Å². The molecule has 0 aliphatic rings. The van der Waals surface area contributed by atoms with Crippen LogP contribution in [0.5, 0.6) is 0 Å². The number of carbonyl (C=O) groups excluding carboxylic acids is 1. The molecule has 0 spiro atoms. The van der Waals surface area contributed by atoms with Gasteiger partial charge in [0.2, 0.25) is 5.91 Å². The number of nitrogens with one attached hydrogen (secondary N) is 1. The highest BCUT2D eigenvalue weighted by atomic mass is 16.2. The molecule has 0 aliphatic carbocycles. The predicted molar refractivity (Wildman–Crippen MR) is 80.9 cm³/mol. The fourth-order valence-corrected chi connectivity index (χ4v) is 1.76. The van der Waals surface area contributed by atoms with E-state index in [0.29, 0.717) is 6.42 Å². The van der Waals surface area contributed by atoms with Crippen molar-refractivity contribution >= 4 is 12.0 Å². The highest BCUT2D eigenvalue weighted by Crippen LogP contribution is 2.05. The lowest BCUT2D eigenvalue weighted by Crippen LogP contribution is -2.24. The van der Waals surface area contributed by atoms with Crippen molar-refractivity contribution in [3.05, 3.63) is 41.5 Å². The second-order valence-corrected chi connectivity index (χ2v) is 4.97. The van der Waals surface area contributed by atoms with Crippen LogP contribution in [0.25, 0.3) is 6.08 Å². The maximum atomic E-state index is 11.4. The summed E-state index contributed by atoms with van der Waals surface area (Å²) in [5, 5.41) is 3.36. The third-order valence-electron chi connectivity index (χ3n) is 2.86. The molecule has 0 fully saturated rings. The van der Waals surface area contributed by atoms with Crippen LogP contribution in [-0.4, -0.2) is 38.0 Å². The number of carbonyl (C=O) groups is 1. The molecule has 0 aliphatic heterocycles. The molecule has 1 N–H and O–H groups in total. The Kier molecular flexibility index (Phi) is 6.90. The number of hydrogen-bond donors (Lipinski definition) is 1. The normalized spacial score (nSPS) is 11.4. The van der Waals surface area contributed by atoms with E-state index in [4.69, 9.17) is 0 Å². The standard InChI is InChI=1S/C16H24N2O/c1-14(12-15-8-5-4-6-9-15)13-17-11-7-10-16(19)18(2)3/h4-6,8-9,12,17H,7,10-11,13H2,1-3H3/b14-12+. The zero-order chi connectivity index (χ0) is 14.1. The molecule has 1 rings (SSSR count). The second kappa shape index (κ2) is 8.48. The molecule has 0 saturated carbocycles. The molecule has 0 unspecified atom stereocenters. The van der Waals surface area contributed by atoms with Gasteiger partial charge in [0.25, 0.3) is 0 Å². The molecule has 0 saturated heterocycles. The topological polar surface area (TPSA) is 32.3 Å². The Balaban J connectivity index is 2.19. The van der Waals surface area contributed by atoms with E-state index in [2.05, 4.69) is 30.4 Å². The van der Waals surface area contributed by atoms with Gasteiger partial charge < -0.3 is 10.2 Å². The number of amides is 1. The van der Waals surface area contributed by atoms with Gasteiger partial charge in [-0.15, -0.1) is 0 Å². The van der Waals surface area contributed by atoms with Crippen molar-refractivity contribution in [2.45, 2.75) is 19.8 Å². The molecule has 0 heterocycles. The van der Waals surface area contributed by atoms with Crippen LogP contribution in [0.15, 0.2) is 35.9 Å². The fourth-order valence-electron chi connectivity index (χ4n) is 1.76. The smallest absolute Gasteiger partial charge is 0.222 e. The average molecular weight is 260 g/mol. The van der Waals surface area contributed by atoms with Crippen LogP contribution in [0, 0.1) is 0 Å². The lowest BCUT2D eigenvalue weighted by atomic mass is 10.1. The fraction of sp³-hybridized carbons (Fsp3) is 0.438. The maximum Gasteiger partial charge on any atom is 0.222 e. The minimum Gasteiger partial charge on any atom is -0.349 e. The van der Waals surface area contributed by atoms with Crippen molar-refractivity contribution < 1.29 is 4.79 Å². The third-order valence-corrected chi connectivity index (χ3v) is 2.86. The van der Waals surface area contributed by atoms with Crippen molar-refractivity contribution in [1.29, 1.82) is 0 Å². The lowest BCUT2D eigenvalue weighted by Gasteiger charge is -2.10. The molecule has 1 aromatic rings. The lowest BCUT2D eigenvalue weighted by molar-refractivity contribution is -0.128. The molecule has 3 heteroatoms. The van der Waals surface area contributed by atoms with Gasteiger partial charge in [-0.1, -0.05) is 42.0 Å². The molecule has 3 nitrogen and oxygen atoms in total. The SMILES string of the molecule is C/C(=C\c1ccccc1)CNCCCC(=O)N(C)C. The van der Waals surface area contributed by atoms with E-state index in [0.717, 1.165) is 19.5 Å². The molecule has 0 radical (unpaired) electrons. The summed E-state index contributed by atoms with van der Waals surface area (Å²) >= 11 is 0. The molecule has 1 amide bonds. The van der Waals surface area contributed by atoms with E-state index in [9.17, 15) is 4.79 Å². The molecular weight excluding hydrogens is 236 g/mol. The summed E-state index contributed by atoms with van der Waals surface area (Å²) in [4.78, 5) is 13.0. The molecule has 0 aromatic heterocycles. The molecular formula is C16H24N2O. The first kappa shape index (κ1) is 15.4. The summed E-state index contributed by atoms with van der Waals surface area (Å²) in [5.74, 6) is 0.193. The Morgan fingerprint density at radius 3 is 2.58 bits per heavy atom. The van der Waals surface area contributed by atoms with Crippen LogP contribution < -0.4 is 5.32 Å².